The van der Waals surface area contributed by atoms with Crippen LogP contribution in [0.1, 0.15) is 76.8 Å². The number of hydrogen-bond donors (Lipinski definition) is 4. The van der Waals surface area contributed by atoms with Gasteiger partial charge in [-0.2, -0.15) is 21.4 Å². The van der Waals surface area contributed by atoms with Crippen LogP contribution in [-0.4, -0.2) is 81.7 Å². The molecule has 0 amide bonds. The van der Waals surface area contributed by atoms with E-state index in [1.807, 2.05) is 66.8 Å². The molecule has 2 aliphatic heterocycles. The van der Waals surface area contributed by atoms with Gasteiger partial charge < -0.3 is 20.0 Å². The Balaban J connectivity index is 1.36. The van der Waals surface area contributed by atoms with Gasteiger partial charge in [0.05, 0.1) is 16.9 Å². The molecule has 3 heterocycles. The third-order valence-electron chi connectivity index (χ3n) is 10.3. The molecule has 15 heteroatoms. The first kappa shape index (κ1) is 41.5. The zero-order chi connectivity index (χ0) is 40.0. The van der Waals surface area contributed by atoms with Gasteiger partial charge in [0.25, 0.3) is 20.2 Å². The average Bonchev–Trinajstić information content (AvgIpc) is 3.63. The van der Waals surface area contributed by atoms with Gasteiger partial charge >= 0.3 is 5.97 Å². The molecular formula is C40H50N3O10S2+. The molecule has 0 saturated heterocycles. The maximum Gasteiger partial charge on any atom is 0.333 e. The molecule has 0 fully saturated rings. The summed E-state index contributed by atoms with van der Waals surface area (Å²) in [5.74, 6) is -2.07. The summed E-state index contributed by atoms with van der Waals surface area (Å²) in [4.78, 5) is 19.6. The second-order valence-electron chi connectivity index (χ2n) is 14.6. The SMILES string of the molecule is CC1(C)C(C=CC=CC=C2N(CCCS(=O)(=O)O)c3ccccc3C2(C)CCCCCC(=O)On2c(O)ccc2O)=[N+](CCCS(=O)(=O)O)c2ccccc21. The third-order valence-corrected chi connectivity index (χ3v) is 11.9. The highest BCUT2D eigenvalue weighted by molar-refractivity contribution is 7.86. The lowest BCUT2D eigenvalue weighted by atomic mass is 9.77. The van der Waals surface area contributed by atoms with E-state index in [1.165, 1.54) is 12.1 Å². The van der Waals surface area contributed by atoms with Crippen LogP contribution < -0.4 is 9.74 Å². The number of aromatic nitrogens is 1. The Morgan fingerprint density at radius 2 is 1.42 bits per heavy atom. The standard InChI is InChI=1S/C40H49N3O10S2/c1-39(2)30-16-9-11-18-32(30)41(26-14-28-54(47,48)49)34(39)20-6-4-7-21-35-40(3,25-13-5-8-22-38(46)53-43-36(44)23-24-37(43)45)31-17-10-12-19-33(31)42(35)27-15-29-55(50,51)52/h4,6-7,9-12,16-21,23-24H,5,8,13-15,22,25-29H2,1-3H3,(H3-,44,45,47,48,49,50,51,52)/p+1. The predicted octanol–water partition coefficient (Wildman–Crippen LogP) is 6.21. The van der Waals surface area contributed by atoms with Gasteiger partial charge in [-0.1, -0.05) is 67.5 Å². The van der Waals surface area contributed by atoms with E-state index in [0.717, 1.165) is 40.3 Å². The summed E-state index contributed by atoms with van der Waals surface area (Å²) in [7, 11) is -8.25. The first-order valence-electron chi connectivity index (χ1n) is 18.3. The van der Waals surface area contributed by atoms with Gasteiger partial charge in [0.15, 0.2) is 5.71 Å². The number of carbonyl (C=O) groups excluding carboxylic acids is 1. The van der Waals surface area contributed by atoms with Crippen molar-refractivity contribution >= 4 is 43.3 Å². The molecule has 4 N–H and O–H groups in total. The van der Waals surface area contributed by atoms with Gasteiger partial charge in [-0.05, 0) is 57.7 Å². The molecule has 1 unspecified atom stereocenters. The van der Waals surface area contributed by atoms with E-state index in [4.69, 9.17) is 4.84 Å². The zero-order valence-corrected chi connectivity index (χ0v) is 33.0. The van der Waals surface area contributed by atoms with Crippen molar-refractivity contribution in [1.29, 1.82) is 0 Å². The highest BCUT2D eigenvalue weighted by atomic mass is 32.2. The molecular weight excluding hydrogens is 747 g/mol. The van der Waals surface area contributed by atoms with Gasteiger partial charge in [-0.3, -0.25) is 9.11 Å². The summed E-state index contributed by atoms with van der Waals surface area (Å²) in [6, 6.07) is 18.4. The molecule has 0 bridgehead atoms. The van der Waals surface area contributed by atoms with Crippen molar-refractivity contribution in [3.8, 4) is 11.8 Å². The molecule has 0 aliphatic carbocycles. The van der Waals surface area contributed by atoms with Crippen molar-refractivity contribution in [2.45, 2.75) is 76.5 Å². The van der Waals surface area contributed by atoms with E-state index < -0.39 is 31.6 Å². The molecule has 2 aliphatic rings. The van der Waals surface area contributed by atoms with Crippen LogP contribution in [0, 0.1) is 0 Å². The van der Waals surface area contributed by atoms with Gasteiger partial charge in [-0.25, -0.2) is 4.79 Å². The fourth-order valence-electron chi connectivity index (χ4n) is 7.64. The van der Waals surface area contributed by atoms with Crippen LogP contribution in [0.15, 0.2) is 96.7 Å². The number of unbranched alkanes of at least 4 members (excludes halogenated alkanes) is 2. The first-order valence-corrected chi connectivity index (χ1v) is 21.5. The molecule has 55 heavy (non-hydrogen) atoms. The van der Waals surface area contributed by atoms with Crippen molar-refractivity contribution < 1.29 is 50.4 Å². The number of fused-ring (bicyclic) bond motifs is 2. The van der Waals surface area contributed by atoms with Crippen LogP contribution in [0.3, 0.4) is 0 Å². The summed E-state index contributed by atoms with van der Waals surface area (Å²) in [6.07, 6.45) is 13.1. The lowest BCUT2D eigenvalue weighted by Crippen LogP contribution is -2.30. The lowest BCUT2D eigenvalue weighted by Gasteiger charge is -2.30. The maximum atomic E-state index is 12.4. The molecule has 1 aromatic heterocycles. The van der Waals surface area contributed by atoms with Crippen LogP contribution >= 0.6 is 0 Å². The fraction of sp³-hybridized carbons (Fsp3) is 0.400. The minimum atomic E-state index is -4.15. The maximum absolute atomic E-state index is 12.4. The number of carbonyl (C=O) groups is 1. The number of hydrogen-bond acceptors (Lipinski definition) is 9. The lowest BCUT2D eigenvalue weighted by molar-refractivity contribution is -0.437. The average molecular weight is 797 g/mol. The summed E-state index contributed by atoms with van der Waals surface area (Å²) in [6.45, 7) is 7.15. The molecule has 0 spiro atoms. The number of rotatable bonds is 18. The van der Waals surface area contributed by atoms with Crippen molar-refractivity contribution in [3.63, 3.8) is 0 Å². The number of anilines is 1. The molecule has 5 rings (SSSR count). The minimum Gasteiger partial charge on any atom is -0.492 e. The molecule has 0 radical (unpaired) electrons. The second-order valence-corrected chi connectivity index (χ2v) is 17.8. The Labute approximate surface area is 323 Å². The highest BCUT2D eigenvalue weighted by Crippen LogP contribution is 2.50. The van der Waals surface area contributed by atoms with Gasteiger partial charge in [0, 0.05) is 66.0 Å². The number of para-hydroxylation sites is 2. The Morgan fingerprint density at radius 3 is 2.11 bits per heavy atom. The number of aromatic hydroxyl groups is 2. The topological polar surface area (TPSA) is 187 Å². The Bertz CT molecular complexity index is 2220. The molecule has 13 nitrogen and oxygen atoms in total. The van der Waals surface area contributed by atoms with E-state index >= 15 is 0 Å². The van der Waals surface area contributed by atoms with Crippen LogP contribution in [0.2, 0.25) is 0 Å². The normalized spacial score (nSPS) is 18.9. The number of benzene rings is 2. The van der Waals surface area contributed by atoms with Crippen LogP contribution in [0.25, 0.3) is 0 Å². The smallest absolute Gasteiger partial charge is 0.333 e. The minimum absolute atomic E-state index is 0.0861. The van der Waals surface area contributed by atoms with Gasteiger partial charge in [0.2, 0.25) is 17.4 Å². The monoisotopic (exact) mass is 796 g/mol. The van der Waals surface area contributed by atoms with E-state index in [9.17, 15) is 40.9 Å². The van der Waals surface area contributed by atoms with Crippen LogP contribution in [0.4, 0.5) is 11.4 Å². The summed E-state index contributed by atoms with van der Waals surface area (Å²) < 4.78 is 67.8. The van der Waals surface area contributed by atoms with Crippen molar-refractivity contribution in [1.82, 2.24) is 4.73 Å². The highest BCUT2D eigenvalue weighted by Gasteiger charge is 2.44. The molecule has 2 aromatic carbocycles. The van der Waals surface area contributed by atoms with E-state index in [2.05, 4.69) is 42.4 Å². The van der Waals surface area contributed by atoms with Crippen LogP contribution in [-0.2, 0) is 35.9 Å². The summed E-state index contributed by atoms with van der Waals surface area (Å²) in [5.41, 5.74) is 5.24. The summed E-state index contributed by atoms with van der Waals surface area (Å²) >= 11 is 0. The van der Waals surface area contributed by atoms with Crippen molar-refractivity contribution in [2.24, 2.45) is 0 Å². The second kappa shape index (κ2) is 17.0. The number of allylic oxidation sites excluding steroid dienone is 6. The van der Waals surface area contributed by atoms with E-state index in [1.54, 1.807) is 0 Å². The summed E-state index contributed by atoms with van der Waals surface area (Å²) in [5, 5.41) is 19.5. The molecule has 0 saturated carbocycles. The quantitative estimate of drug-likeness (QED) is 0.0496. The Morgan fingerprint density at radius 1 is 0.782 bits per heavy atom. The van der Waals surface area contributed by atoms with Crippen molar-refractivity contribution in [2.75, 3.05) is 29.5 Å². The molecule has 3 aromatic rings. The van der Waals surface area contributed by atoms with E-state index in [0.29, 0.717) is 37.1 Å². The third kappa shape index (κ3) is 9.95. The largest absolute Gasteiger partial charge is 0.492 e. The first-order chi connectivity index (χ1) is 25.9. The Hall–Kier alpha value is -4.70. The van der Waals surface area contributed by atoms with Gasteiger partial charge in [0.1, 0.15) is 6.54 Å². The van der Waals surface area contributed by atoms with Crippen molar-refractivity contribution in [3.05, 3.63) is 108 Å². The van der Waals surface area contributed by atoms with Crippen LogP contribution in [0.5, 0.6) is 11.8 Å². The van der Waals surface area contributed by atoms with E-state index in [-0.39, 0.29) is 47.9 Å². The van der Waals surface area contributed by atoms with Gasteiger partial charge in [-0.15, -0.1) is 4.73 Å². The number of nitrogens with zero attached hydrogens (tertiary/aromatic N) is 3. The molecule has 296 valence electrons. The zero-order valence-electron chi connectivity index (χ0n) is 31.3. The Kier molecular flexibility index (Phi) is 12.8. The predicted molar refractivity (Wildman–Crippen MR) is 211 cm³/mol. The fourth-order valence-corrected chi connectivity index (χ4v) is 8.62. The molecule has 1 atom stereocenters.